The highest BCUT2D eigenvalue weighted by atomic mass is 16.6. The molecule has 1 aromatic rings. The third-order valence-corrected chi connectivity index (χ3v) is 9.73. The number of carbonyl (C=O) groups is 4. The fraction of sp³-hybridized carbons (Fsp3) is 0.613. The minimum absolute atomic E-state index is 0.0994. The topological polar surface area (TPSA) is 146 Å². The monoisotopic (exact) mass is 570 g/mol. The van der Waals surface area contributed by atoms with Gasteiger partial charge in [-0.3, -0.25) is 14.4 Å². The molecule has 222 valence electrons. The second-order valence-electron chi connectivity index (χ2n) is 12.8. The zero-order valence-corrected chi connectivity index (χ0v) is 24.2. The van der Waals surface area contributed by atoms with Crippen LogP contribution >= 0.6 is 0 Å². The molecule has 5 rings (SSSR count). The molecule has 0 radical (unpaired) electrons. The van der Waals surface area contributed by atoms with Gasteiger partial charge in [0.25, 0.3) is 0 Å². The first-order valence-corrected chi connectivity index (χ1v) is 14.0. The van der Waals surface area contributed by atoms with Gasteiger partial charge < -0.3 is 29.2 Å². The molecule has 1 aromatic carbocycles. The van der Waals surface area contributed by atoms with Crippen molar-refractivity contribution in [1.82, 2.24) is 0 Å². The third kappa shape index (κ3) is 4.25. The van der Waals surface area contributed by atoms with Gasteiger partial charge in [0, 0.05) is 25.7 Å². The van der Waals surface area contributed by atoms with E-state index in [-0.39, 0.29) is 12.0 Å². The number of hydrogen-bond donors (Lipinski definition) is 2. The normalized spacial score (nSPS) is 42.0. The van der Waals surface area contributed by atoms with Gasteiger partial charge in [-0.15, -0.1) is 0 Å². The average molecular weight is 571 g/mol. The number of aliphatic hydroxyl groups excluding tert-OH is 1. The molecule has 1 saturated heterocycles. The molecule has 10 heteroatoms. The lowest BCUT2D eigenvalue weighted by atomic mass is 9.54. The van der Waals surface area contributed by atoms with Crippen LogP contribution in [-0.4, -0.2) is 75.6 Å². The van der Waals surface area contributed by atoms with Crippen molar-refractivity contribution < 1.29 is 48.3 Å². The molecule has 3 fully saturated rings. The molecule has 3 aliphatic carbocycles. The minimum Gasteiger partial charge on any atom is -0.465 e. The lowest BCUT2D eigenvalue weighted by Gasteiger charge is -2.52. The predicted molar refractivity (Wildman–Crippen MR) is 143 cm³/mol. The Bertz CT molecular complexity index is 1290. The Balaban J connectivity index is 1.82. The Morgan fingerprint density at radius 2 is 1.68 bits per heavy atom. The summed E-state index contributed by atoms with van der Waals surface area (Å²) in [5.74, 6) is -5.92. The number of Topliss-reactive ketones (excluding diaryl/α,β-unsaturated/α-hetero) is 1. The fourth-order valence-corrected chi connectivity index (χ4v) is 8.34. The molecule has 0 amide bonds. The molecular weight excluding hydrogens is 532 g/mol. The summed E-state index contributed by atoms with van der Waals surface area (Å²) < 4.78 is 24.1. The van der Waals surface area contributed by atoms with Gasteiger partial charge in [-0.25, -0.2) is 4.79 Å². The predicted octanol–water partition coefficient (Wildman–Crippen LogP) is 2.39. The van der Waals surface area contributed by atoms with Crippen molar-refractivity contribution in [1.29, 1.82) is 0 Å². The number of esters is 3. The van der Waals surface area contributed by atoms with Gasteiger partial charge in [-0.1, -0.05) is 37.3 Å². The molecule has 4 aliphatic rings. The van der Waals surface area contributed by atoms with Crippen molar-refractivity contribution in [3.63, 3.8) is 0 Å². The maximum Gasteiger partial charge on any atom is 0.338 e. The van der Waals surface area contributed by atoms with Crippen molar-refractivity contribution in [2.75, 3.05) is 6.61 Å². The highest BCUT2D eigenvalue weighted by Crippen LogP contribution is 2.66. The van der Waals surface area contributed by atoms with Crippen molar-refractivity contribution in [2.45, 2.75) is 83.1 Å². The first-order valence-electron chi connectivity index (χ1n) is 14.0. The molecule has 10 nitrogen and oxygen atoms in total. The van der Waals surface area contributed by atoms with Gasteiger partial charge in [0.15, 0.2) is 5.78 Å². The van der Waals surface area contributed by atoms with Crippen LogP contribution in [0.25, 0.3) is 0 Å². The molecule has 2 N–H and O–H groups in total. The first kappa shape index (κ1) is 29.4. The number of rotatable bonds is 5. The van der Waals surface area contributed by atoms with Crippen LogP contribution in [0.4, 0.5) is 0 Å². The van der Waals surface area contributed by atoms with E-state index in [9.17, 15) is 29.4 Å². The molecule has 1 aliphatic heterocycles. The van der Waals surface area contributed by atoms with Crippen molar-refractivity contribution in [2.24, 2.45) is 29.1 Å². The second-order valence-corrected chi connectivity index (χ2v) is 12.8. The lowest BCUT2D eigenvalue weighted by Crippen LogP contribution is -2.64. The Hall–Kier alpha value is -3.08. The molecule has 41 heavy (non-hydrogen) atoms. The van der Waals surface area contributed by atoms with Crippen LogP contribution in [-0.2, 0) is 33.3 Å². The van der Waals surface area contributed by atoms with Crippen molar-refractivity contribution in [3.05, 3.63) is 48.0 Å². The molecule has 0 aromatic heterocycles. The van der Waals surface area contributed by atoms with E-state index >= 15 is 0 Å². The molecule has 0 bridgehead atoms. The molecule has 0 unspecified atom stereocenters. The standard InChI is InChI=1S/C31H38O10/c1-16-14-31(37)22(23(16)39-18(3)33)25(40-26(35)19-10-8-7-9-11-19)30(15-38-17(2)32)21(34)13-12-20-24(30)29(6,27(31)36)41-28(20,4)5/h7-13,16,20-25,34,37H,14-15H2,1-6H3/t16-,20-,21+,22+,23-,24-,25+,29-,30+,31+/m0/s1. The zero-order chi connectivity index (χ0) is 30.1. The van der Waals surface area contributed by atoms with Gasteiger partial charge in [-0.05, 0) is 45.2 Å². The second kappa shape index (κ2) is 9.74. The zero-order valence-electron chi connectivity index (χ0n) is 24.2. The van der Waals surface area contributed by atoms with Crippen LogP contribution in [0.15, 0.2) is 42.5 Å². The highest BCUT2D eigenvalue weighted by molar-refractivity contribution is 5.97. The van der Waals surface area contributed by atoms with E-state index < -0.39 is 94.5 Å². The fourth-order valence-electron chi connectivity index (χ4n) is 8.34. The van der Waals surface area contributed by atoms with E-state index in [1.807, 2.05) is 13.8 Å². The average Bonchev–Trinajstić information content (AvgIpc) is 3.26. The molecule has 10 atom stereocenters. The van der Waals surface area contributed by atoms with Gasteiger partial charge in [0.1, 0.15) is 30.0 Å². The number of carbonyl (C=O) groups excluding carboxylic acids is 4. The number of fused-ring (bicyclic) bond motifs is 1. The summed E-state index contributed by atoms with van der Waals surface area (Å²) in [5.41, 5.74) is -6.25. The summed E-state index contributed by atoms with van der Waals surface area (Å²) in [7, 11) is 0. The summed E-state index contributed by atoms with van der Waals surface area (Å²) in [6.07, 6.45) is -0.678. The lowest BCUT2D eigenvalue weighted by molar-refractivity contribution is -0.195. The smallest absolute Gasteiger partial charge is 0.338 e. The summed E-state index contributed by atoms with van der Waals surface area (Å²) in [6, 6.07) is 8.18. The maximum atomic E-state index is 14.7. The Morgan fingerprint density at radius 1 is 1.02 bits per heavy atom. The van der Waals surface area contributed by atoms with E-state index in [4.69, 9.17) is 18.9 Å². The van der Waals surface area contributed by atoms with Crippen LogP contribution in [0.3, 0.4) is 0 Å². The minimum atomic E-state index is -2.17. The Morgan fingerprint density at radius 3 is 2.29 bits per heavy atom. The quantitative estimate of drug-likeness (QED) is 0.307. The Kier molecular flexibility index (Phi) is 6.99. The van der Waals surface area contributed by atoms with Crippen molar-refractivity contribution >= 4 is 23.7 Å². The van der Waals surface area contributed by atoms with E-state index in [2.05, 4.69) is 0 Å². The van der Waals surface area contributed by atoms with Crippen molar-refractivity contribution in [3.8, 4) is 0 Å². The van der Waals surface area contributed by atoms with Crippen LogP contribution < -0.4 is 0 Å². The number of hydrogen-bond acceptors (Lipinski definition) is 10. The molecular formula is C31H38O10. The SMILES string of the molecule is CC(=O)OC[C@@]12[C@H](O)C=C[C@H]3[C@H]1[C@](C)(OC3(C)C)C(=O)[C@@]1(O)C[C@H](C)[C@H](OC(C)=O)[C@@H]1[C@H]2OC(=O)c1ccccc1. The Labute approximate surface area is 239 Å². The number of ketones is 1. The van der Waals surface area contributed by atoms with Crippen LogP contribution in [0.2, 0.25) is 0 Å². The van der Waals surface area contributed by atoms with Crippen LogP contribution in [0.1, 0.15) is 58.3 Å². The summed E-state index contributed by atoms with van der Waals surface area (Å²) in [5, 5.41) is 24.3. The summed E-state index contributed by atoms with van der Waals surface area (Å²) >= 11 is 0. The number of benzene rings is 1. The van der Waals surface area contributed by atoms with Crippen LogP contribution in [0, 0.1) is 29.1 Å². The van der Waals surface area contributed by atoms with Gasteiger partial charge in [-0.2, -0.15) is 0 Å². The third-order valence-electron chi connectivity index (χ3n) is 9.73. The number of aliphatic hydroxyl groups is 2. The van der Waals surface area contributed by atoms with Crippen LogP contribution in [0.5, 0.6) is 0 Å². The highest BCUT2D eigenvalue weighted by Gasteiger charge is 2.80. The van der Waals surface area contributed by atoms with E-state index in [0.717, 1.165) is 0 Å². The first-order chi connectivity index (χ1) is 19.1. The van der Waals surface area contributed by atoms with Gasteiger partial charge in [0.05, 0.1) is 28.6 Å². The maximum absolute atomic E-state index is 14.7. The van der Waals surface area contributed by atoms with E-state index in [1.165, 1.54) is 13.8 Å². The van der Waals surface area contributed by atoms with Gasteiger partial charge >= 0.3 is 17.9 Å². The van der Waals surface area contributed by atoms with E-state index in [0.29, 0.717) is 0 Å². The van der Waals surface area contributed by atoms with E-state index in [1.54, 1.807) is 56.3 Å². The number of ether oxygens (including phenoxy) is 4. The summed E-state index contributed by atoms with van der Waals surface area (Å²) in [6.45, 7) is 8.94. The summed E-state index contributed by atoms with van der Waals surface area (Å²) in [4.78, 5) is 53.0. The molecule has 2 saturated carbocycles. The largest absolute Gasteiger partial charge is 0.465 e. The molecule has 1 heterocycles. The molecule has 0 spiro atoms. The van der Waals surface area contributed by atoms with Gasteiger partial charge in [0.2, 0.25) is 0 Å².